The second kappa shape index (κ2) is 6.36. The number of halogens is 5. The van der Waals surface area contributed by atoms with E-state index < -0.39 is 39.4 Å². The molecule has 0 bridgehead atoms. The standard InChI is InChI=1S/C13H11BrClF3N4O3S/c1-26(24,25)20-7-4-21(5-7)12(23)9-10(15)22-3-6(14)2-8(11(22)19-9)13(16,17)18/h2-3,7,20H,4-5H2,1H3. The molecule has 1 amide bonds. The zero-order valence-electron chi connectivity index (χ0n) is 13.0. The van der Waals surface area contributed by atoms with E-state index in [9.17, 15) is 26.4 Å². The molecule has 7 nitrogen and oxygen atoms in total. The third-order valence-electron chi connectivity index (χ3n) is 3.69. The molecule has 0 atom stereocenters. The smallest absolute Gasteiger partial charge is 0.334 e. The summed E-state index contributed by atoms with van der Waals surface area (Å²) in [7, 11) is -3.42. The fraction of sp³-hybridized carbons (Fsp3) is 0.385. The summed E-state index contributed by atoms with van der Waals surface area (Å²) in [5.74, 6) is -0.672. The van der Waals surface area contributed by atoms with Crippen LogP contribution in [0.4, 0.5) is 13.2 Å². The van der Waals surface area contributed by atoms with Crippen LogP contribution in [0.2, 0.25) is 5.15 Å². The number of alkyl halides is 3. The van der Waals surface area contributed by atoms with Crippen LogP contribution in [0.25, 0.3) is 5.65 Å². The van der Waals surface area contributed by atoms with Crippen molar-refractivity contribution in [1.82, 2.24) is 19.0 Å². The van der Waals surface area contributed by atoms with Crippen LogP contribution in [-0.4, -0.2) is 54.0 Å². The second-order valence-corrected chi connectivity index (χ2v) is 8.87. The first-order chi connectivity index (χ1) is 11.9. The van der Waals surface area contributed by atoms with E-state index in [1.165, 1.54) is 11.1 Å². The van der Waals surface area contributed by atoms with Crippen LogP contribution in [0.15, 0.2) is 16.7 Å². The molecule has 0 unspecified atom stereocenters. The summed E-state index contributed by atoms with van der Waals surface area (Å²) in [5.41, 5.74) is -1.85. The Balaban J connectivity index is 1.92. The van der Waals surface area contributed by atoms with Gasteiger partial charge >= 0.3 is 6.18 Å². The highest BCUT2D eigenvalue weighted by molar-refractivity contribution is 9.10. The Hall–Kier alpha value is -1.37. The van der Waals surface area contributed by atoms with Gasteiger partial charge in [-0.15, -0.1) is 0 Å². The van der Waals surface area contributed by atoms with Gasteiger partial charge in [-0.25, -0.2) is 18.1 Å². The fourth-order valence-electron chi connectivity index (χ4n) is 2.60. The average Bonchev–Trinajstić information content (AvgIpc) is 2.76. The third kappa shape index (κ3) is 3.68. The van der Waals surface area contributed by atoms with Gasteiger partial charge in [0.1, 0.15) is 5.15 Å². The molecule has 0 saturated carbocycles. The van der Waals surface area contributed by atoms with Gasteiger partial charge in [0, 0.05) is 23.8 Å². The average molecular weight is 476 g/mol. The van der Waals surface area contributed by atoms with Crippen molar-refractivity contribution in [3.05, 3.63) is 33.1 Å². The maximum atomic E-state index is 13.2. The lowest BCUT2D eigenvalue weighted by Gasteiger charge is -2.38. The van der Waals surface area contributed by atoms with E-state index in [2.05, 4.69) is 25.6 Å². The zero-order chi connectivity index (χ0) is 19.4. The number of fused-ring (bicyclic) bond motifs is 1. The summed E-state index contributed by atoms with van der Waals surface area (Å²) in [6.45, 7) is 0.151. The van der Waals surface area contributed by atoms with E-state index in [0.29, 0.717) is 0 Å². The van der Waals surface area contributed by atoms with Gasteiger partial charge in [0.2, 0.25) is 10.0 Å². The number of pyridine rings is 1. The number of aromatic nitrogens is 2. The Morgan fingerprint density at radius 3 is 2.58 bits per heavy atom. The van der Waals surface area contributed by atoms with Crippen molar-refractivity contribution < 1.29 is 26.4 Å². The molecular weight excluding hydrogens is 465 g/mol. The first-order valence-electron chi connectivity index (χ1n) is 7.07. The predicted molar refractivity (Wildman–Crippen MR) is 90.6 cm³/mol. The highest BCUT2D eigenvalue weighted by Gasteiger charge is 2.38. The molecule has 1 aliphatic rings. The van der Waals surface area contributed by atoms with Gasteiger partial charge < -0.3 is 4.90 Å². The molecule has 3 rings (SSSR count). The summed E-state index contributed by atoms with van der Waals surface area (Å²) >= 11 is 9.05. The van der Waals surface area contributed by atoms with Gasteiger partial charge in [0.25, 0.3) is 5.91 Å². The molecule has 2 aromatic rings. The molecule has 1 aliphatic heterocycles. The first-order valence-corrected chi connectivity index (χ1v) is 10.1. The molecule has 0 aliphatic carbocycles. The first kappa shape index (κ1) is 19.4. The maximum Gasteiger partial charge on any atom is 0.420 e. The minimum atomic E-state index is -4.68. The summed E-state index contributed by atoms with van der Waals surface area (Å²) in [4.78, 5) is 17.5. The van der Waals surface area contributed by atoms with Crippen LogP contribution >= 0.6 is 27.5 Å². The highest BCUT2D eigenvalue weighted by atomic mass is 79.9. The van der Waals surface area contributed by atoms with Gasteiger partial charge in [0.05, 0.1) is 17.9 Å². The molecule has 142 valence electrons. The number of nitrogens with zero attached hydrogens (tertiary/aromatic N) is 3. The van der Waals surface area contributed by atoms with E-state index >= 15 is 0 Å². The normalized spacial score (nSPS) is 16.2. The van der Waals surface area contributed by atoms with Crippen molar-refractivity contribution in [3.63, 3.8) is 0 Å². The Morgan fingerprint density at radius 2 is 2.04 bits per heavy atom. The molecular formula is C13H11BrClF3N4O3S. The fourth-order valence-corrected chi connectivity index (χ4v) is 4.04. The molecule has 0 aromatic carbocycles. The van der Waals surface area contributed by atoms with Crippen LogP contribution in [0.1, 0.15) is 16.1 Å². The van der Waals surface area contributed by atoms with E-state index in [0.717, 1.165) is 16.7 Å². The highest BCUT2D eigenvalue weighted by Crippen LogP contribution is 2.36. The number of carbonyl (C=O) groups excluding carboxylic acids is 1. The van der Waals surface area contributed by atoms with Gasteiger partial charge in [-0.3, -0.25) is 9.20 Å². The Bertz CT molecular complexity index is 1000. The molecule has 0 spiro atoms. The van der Waals surface area contributed by atoms with Crippen molar-refractivity contribution >= 4 is 49.1 Å². The van der Waals surface area contributed by atoms with Gasteiger partial charge in [0.15, 0.2) is 11.3 Å². The number of carbonyl (C=O) groups is 1. The molecule has 1 N–H and O–H groups in total. The van der Waals surface area contributed by atoms with Gasteiger partial charge in [-0.05, 0) is 22.0 Å². The molecule has 3 heterocycles. The maximum absolute atomic E-state index is 13.2. The van der Waals surface area contributed by atoms with Crippen molar-refractivity contribution in [2.45, 2.75) is 12.2 Å². The Labute approximate surface area is 159 Å². The predicted octanol–water partition coefficient (Wildman–Crippen LogP) is 2.14. The molecule has 0 radical (unpaired) electrons. The summed E-state index contributed by atoms with van der Waals surface area (Å²) in [5, 5.41) is -0.253. The monoisotopic (exact) mass is 474 g/mol. The molecule has 1 fully saturated rings. The van der Waals surface area contributed by atoms with Crippen LogP contribution in [0, 0.1) is 0 Å². The van der Waals surface area contributed by atoms with Crippen molar-refractivity contribution in [3.8, 4) is 0 Å². The van der Waals surface area contributed by atoms with Crippen LogP contribution in [0.3, 0.4) is 0 Å². The molecule has 13 heteroatoms. The lowest BCUT2D eigenvalue weighted by Crippen LogP contribution is -2.60. The number of sulfonamides is 1. The van der Waals surface area contributed by atoms with E-state index in [-0.39, 0.29) is 28.4 Å². The number of hydrogen-bond acceptors (Lipinski definition) is 4. The molecule has 1 saturated heterocycles. The summed E-state index contributed by atoms with van der Waals surface area (Å²) < 4.78 is 65.4. The van der Waals surface area contributed by atoms with Gasteiger partial charge in [-0.1, -0.05) is 11.6 Å². The van der Waals surface area contributed by atoms with E-state index in [1.807, 2.05) is 0 Å². The lowest BCUT2D eigenvalue weighted by molar-refractivity contribution is -0.136. The SMILES string of the molecule is CS(=O)(=O)NC1CN(C(=O)c2nc3c(C(F)(F)F)cc(Br)cn3c2Cl)C1. The van der Waals surface area contributed by atoms with E-state index in [4.69, 9.17) is 11.6 Å². The topological polar surface area (TPSA) is 83.8 Å². The summed E-state index contributed by atoms with van der Waals surface area (Å²) in [6.07, 6.45) is -2.41. The quantitative estimate of drug-likeness (QED) is 0.737. The number of nitrogens with one attached hydrogen (secondary N) is 1. The minimum absolute atomic E-state index is 0.0753. The second-order valence-electron chi connectivity index (χ2n) is 5.81. The number of likely N-dealkylation sites (tertiary alicyclic amines) is 1. The molecule has 2 aromatic heterocycles. The number of hydrogen-bond donors (Lipinski definition) is 1. The minimum Gasteiger partial charge on any atom is -0.334 e. The number of amides is 1. The van der Waals surface area contributed by atoms with Crippen LogP contribution in [0.5, 0.6) is 0 Å². The van der Waals surface area contributed by atoms with Crippen LogP contribution in [-0.2, 0) is 16.2 Å². The van der Waals surface area contributed by atoms with Crippen LogP contribution < -0.4 is 4.72 Å². The lowest BCUT2D eigenvalue weighted by atomic mass is 10.1. The Morgan fingerprint density at radius 1 is 1.42 bits per heavy atom. The van der Waals surface area contributed by atoms with Crippen molar-refractivity contribution in [1.29, 1.82) is 0 Å². The van der Waals surface area contributed by atoms with Gasteiger partial charge in [-0.2, -0.15) is 13.2 Å². The number of imidazole rings is 1. The summed E-state index contributed by atoms with van der Waals surface area (Å²) in [6, 6.07) is 0.396. The third-order valence-corrected chi connectivity index (χ3v) is 5.24. The van der Waals surface area contributed by atoms with E-state index in [1.54, 1.807) is 0 Å². The zero-order valence-corrected chi connectivity index (χ0v) is 16.2. The largest absolute Gasteiger partial charge is 0.420 e. The Kier molecular flexibility index (Phi) is 4.74. The van der Waals surface area contributed by atoms with Crippen molar-refractivity contribution in [2.75, 3.05) is 19.3 Å². The van der Waals surface area contributed by atoms with Crippen molar-refractivity contribution in [2.24, 2.45) is 0 Å². The number of rotatable bonds is 3. The molecule has 26 heavy (non-hydrogen) atoms.